The van der Waals surface area contributed by atoms with Gasteiger partial charge >= 0.3 is 5.97 Å². The first-order valence-corrected chi connectivity index (χ1v) is 7.94. The molecule has 0 bridgehead atoms. The van der Waals surface area contributed by atoms with E-state index in [0.29, 0.717) is 0 Å². The largest absolute Gasteiger partial charge is 0.458 e. The molecule has 0 radical (unpaired) electrons. The fraction of sp³-hybridized carbons (Fsp3) is 0.875. The quantitative estimate of drug-likeness (QED) is 0.571. The summed E-state index contributed by atoms with van der Waals surface area (Å²) in [5.74, 6) is -1.06. The van der Waals surface area contributed by atoms with Gasteiger partial charge in [0, 0.05) is 12.8 Å². The minimum absolute atomic E-state index is 0.143. The van der Waals surface area contributed by atoms with Gasteiger partial charge in [-0.3, -0.25) is 0 Å². The van der Waals surface area contributed by atoms with Crippen LogP contribution in [0.3, 0.4) is 0 Å². The molecule has 126 valence electrons. The number of esters is 1. The Morgan fingerprint density at radius 1 is 1.23 bits per heavy atom. The summed E-state index contributed by atoms with van der Waals surface area (Å²) in [5.41, 5.74) is -0.537. The van der Waals surface area contributed by atoms with Crippen LogP contribution >= 0.6 is 0 Å². The monoisotopic (exact) mass is 314 g/mol. The van der Waals surface area contributed by atoms with Crippen molar-refractivity contribution in [3.63, 3.8) is 0 Å². The molecule has 6 heteroatoms. The molecule has 2 atom stereocenters. The second-order valence-electron chi connectivity index (χ2n) is 6.95. The van der Waals surface area contributed by atoms with Crippen molar-refractivity contribution < 1.29 is 28.5 Å². The standard InChI is InChI=1S/C16H26O6/c1-15(2,3)22-14(18)11-19-10-13-12(9-17)20-16(21-13)7-5-4-6-8-16/h9,12-13H,4-8,10-11H2,1-3H3/t12-,13+/m1/s1. The van der Waals surface area contributed by atoms with E-state index in [0.717, 1.165) is 32.0 Å². The fourth-order valence-corrected chi connectivity index (χ4v) is 2.89. The summed E-state index contributed by atoms with van der Waals surface area (Å²) in [7, 11) is 0. The van der Waals surface area contributed by atoms with Gasteiger partial charge in [-0.15, -0.1) is 0 Å². The Labute approximate surface area is 131 Å². The molecule has 1 aliphatic carbocycles. The van der Waals surface area contributed by atoms with Crippen LogP contribution in [-0.4, -0.2) is 49.1 Å². The molecule has 1 aliphatic heterocycles. The number of aldehydes is 1. The average Bonchev–Trinajstić information content (AvgIpc) is 2.75. The van der Waals surface area contributed by atoms with E-state index in [1.54, 1.807) is 20.8 Å². The normalized spacial score (nSPS) is 27.8. The van der Waals surface area contributed by atoms with Crippen LogP contribution < -0.4 is 0 Å². The maximum Gasteiger partial charge on any atom is 0.332 e. The van der Waals surface area contributed by atoms with Crippen molar-refractivity contribution in [3.8, 4) is 0 Å². The highest BCUT2D eigenvalue weighted by atomic mass is 16.8. The Morgan fingerprint density at radius 3 is 2.50 bits per heavy atom. The van der Waals surface area contributed by atoms with Crippen molar-refractivity contribution in [2.24, 2.45) is 0 Å². The molecule has 1 spiro atoms. The van der Waals surface area contributed by atoms with Gasteiger partial charge in [0.25, 0.3) is 0 Å². The molecule has 0 unspecified atom stereocenters. The molecule has 1 heterocycles. The summed E-state index contributed by atoms with van der Waals surface area (Å²) in [6.07, 6.45) is 4.52. The number of carbonyl (C=O) groups excluding carboxylic acids is 2. The third-order valence-electron chi connectivity index (χ3n) is 3.75. The van der Waals surface area contributed by atoms with Crippen molar-refractivity contribution in [2.75, 3.05) is 13.2 Å². The molecule has 2 aliphatic rings. The number of ether oxygens (including phenoxy) is 4. The Kier molecular flexibility index (Phi) is 5.58. The van der Waals surface area contributed by atoms with Gasteiger partial charge in [-0.1, -0.05) is 6.42 Å². The molecule has 0 aromatic carbocycles. The zero-order valence-corrected chi connectivity index (χ0v) is 13.6. The first kappa shape index (κ1) is 17.4. The summed E-state index contributed by atoms with van der Waals surface area (Å²) in [5, 5.41) is 0. The van der Waals surface area contributed by atoms with Gasteiger partial charge in [0.1, 0.15) is 24.4 Å². The second-order valence-corrected chi connectivity index (χ2v) is 6.95. The van der Waals surface area contributed by atoms with E-state index in [-0.39, 0.29) is 13.2 Å². The van der Waals surface area contributed by atoms with Gasteiger partial charge in [0.15, 0.2) is 12.1 Å². The van der Waals surface area contributed by atoms with E-state index in [2.05, 4.69) is 0 Å². The lowest BCUT2D eigenvalue weighted by Crippen LogP contribution is -2.34. The van der Waals surface area contributed by atoms with Gasteiger partial charge < -0.3 is 23.7 Å². The lowest BCUT2D eigenvalue weighted by Gasteiger charge is -2.31. The first-order chi connectivity index (χ1) is 10.3. The molecule has 1 saturated heterocycles. The van der Waals surface area contributed by atoms with Gasteiger partial charge in [-0.05, 0) is 33.6 Å². The predicted molar refractivity (Wildman–Crippen MR) is 78.3 cm³/mol. The topological polar surface area (TPSA) is 71.1 Å². The van der Waals surface area contributed by atoms with Gasteiger partial charge in [0.2, 0.25) is 0 Å². The van der Waals surface area contributed by atoms with Crippen molar-refractivity contribution >= 4 is 12.3 Å². The number of hydrogen-bond acceptors (Lipinski definition) is 6. The summed E-state index contributed by atoms with van der Waals surface area (Å²) < 4.78 is 22.3. The lowest BCUT2D eigenvalue weighted by atomic mass is 9.94. The van der Waals surface area contributed by atoms with Crippen LogP contribution in [0.2, 0.25) is 0 Å². The molecule has 0 aromatic heterocycles. The third kappa shape index (κ3) is 4.76. The molecule has 2 fully saturated rings. The van der Waals surface area contributed by atoms with E-state index in [9.17, 15) is 9.59 Å². The van der Waals surface area contributed by atoms with E-state index in [1.165, 1.54) is 6.42 Å². The highest BCUT2D eigenvalue weighted by Crippen LogP contribution is 2.40. The number of rotatable bonds is 5. The zero-order chi connectivity index (χ0) is 16.2. The summed E-state index contributed by atoms with van der Waals surface area (Å²) in [4.78, 5) is 22.8. The third-order valence-corrected chi connectivity index (χ3v) is 3.75. The number of hydrogen-bond donors (Lipinski definition) is 0. The van der Waals surface area contributed by atoms with Crippen molar-refractivity contribution in [3.05, 3.63) is 0 Å². The van der Waals surface area contributed by atoms with Crippen LogP contribution in [0.1, 0.15) is 52.9 Å². The molecule has 0 N–H and O–H groups in total. The molecule has 2 rings (SSSR count). The Balaban J connectivity index is 1.79. The molecule has 1 saturated carbocycles. The van der Waals surface area contributed by atoms with E-state index >= 15 is 0 Å². The lowest BCUT2D eigenvalue weighted by molar-refractivity contribution is -0.197. The average molecular weight is 314 g/mol. The fourth-order valence-electron chi connectivity index (χ4n) is 2.89. The van der Waals surface area contributed by atoms with E-state index < -0.39 is 29.6 Å². The first-order valence-electron chi connectivity index (χ1n) is 7.94. The van der Waals surface area contributed by atoms with Crippen molar-refractivity contribution in [1.29, 1.82) is 0 Å². The van der Waals surface area contributed by atoms with Crippen molar-refractivity contribution in [1.82, 2.24) is 0 Å². The molecule has 22 heavy (non-hydrogen) atoms. The van der Waals surface area contributed by atoms with Crippen LogP contribution in [0, 0.1) is 0 Å². The summed E-state index contributed by atoms with van der Waals surface area (Å²) in [6.45, 7) is 5.39. The molecular formula is C16H26O6. The van der Waals surface area contributed by atoms with Gasteiger partial charge in [-0.25, -0.2) is 4.79 Å². The van der Waals surface area contributed by atoms with E-state index in [1.807, 2.05) is 0 Å². The highest BCUT2D eigenvalue weighted by molar-refractivity contribution is 5.71. The van der Waals surface area contributed by atoms with Crippen LogP contribution in [0.15, 0.2) is 0 Å². The molecule has 0 amide bonds. The maximum atomic E-state index is 11.6. The Bertz CT molecular complexity index is 394. The number of carbonyl (C=O) groups is 2. The molecule has 0 aromatic rings. The van der Waals surface area contributed by atoms with Crippen LogP contribution in [0.25, 0.3) is 0 Å². The molecular weight excluding hydrogens is 288 g/mol. The molecule has 6 nitrogen and oxygen atoms in total. The van der Waals surface area contributed by atoms with Crippen LogP contribution in [-0.2, 0) is 28.5 Å². The Morgan fingerprint density at radius 2 is 1.91 bits per heavy atom. The van der Waals surface area contributed by atoms with E-state index in [4.69, 9.17) is 18.9 Å². The SMILES string of the molecule is CC(C)(C)OC(=O)COC[C@@H]1OC2(CCCCC2)O[C@@H]1C=O. The Hall–Kier alpha value is -0.980. The zero-order valence-electron chi connectivity index (χ0n) is 13.6. The highest BCUT2D eigenvalue weighted by Gasteiger charge is 2.48. The minimum atomic E-state index is -0.635. The summed E-state index contributed by atoms with van der Waals surface area (Å²) >= 11 is 0. The van der Waals surface area contributed by atoms with Crippen molar-refractivity contribution in [2.45, 2.75) is 76.5 Å². The van der Waals surface area contributed by atoms with Gasteiger partial charge in [-0.2, -0.15) is 0 Å². The predicted octanol–water partition coefficient (Wildman–Crippen LogP) is 1.99. The summed E-state index contributed by atoms with van der Waals surface area (Å²) in [6, 6.07) is 0. The second kappa shape index (κ2) is 7.06. The van der Waals surface area contributed by atoms with Crippen LogP contribution in [0.4, 0.5) is 0 Å². The van der Waals surface area contributed by atoms with Crippen LogP contribution in [0.5, 0.6) is 0 Å². The maximum absolute atomic E-state index is 11.6. The van der Waals surface area contributed by atoms with Gasteiger partial charge in [0.05, 0.1) is 6.61 Å². The smallest absolute Gasteiger partial charge is 0.332 e. The minimum Gasteiger partial charge on any atom is -0.458 e.